The van der Waals surface area contributed by atoms with Crippen molar-refractivity contribution in [2.75, 3.05) is 26.4 Å². The van der Waals surface area contributed by atoms with Crippen LogP contribution < -0.4 is 0 Å². The molecule has 0 bridgehead atoms. The fraction of sp³-hybridized carbons (Fsp3) is 0.176. The second-order valence-corrected chi connectivity index (χ2v) is 8.67. The van der Waals surface area contributed by atoms with Crippen molar-refractivity contribution in [3.63, 3.8) is 0 Å². The zero-order chi connectivity index (χ0) is 31.1. The predicted octanol–water partition coefficient (Wildman–Crippen LogP) is 6.27. The van der Waals surface area contributed by atoms with E-state index in [9.17, 15) is 19.2 Å². The highest BCUT2D eigenvalue weighted by molar-refractivity contribution is 5.90. The van der Waals surface area contributed by atoms with E-state index in [-0.39, 0.29) is 11.9 Å². The number of carbonyl (C=O) groups excluding carboxylic acids is 2. The van der Waals surface area contributed by atoms with Crippen LogP contribution in [-0.4, -0.2) is 60.5 Å². The number of rotatable bonds is 12. The van der Waals surface area contributed by atoms with Crippen molar-refractivity contribution in [1.82, 2.24) is 0 Å². The Kier molecular flexibility index (Phi) is 16.2. The van der Waals surface area contributed by atoms with Crippen molar-refractivity contribution in [2.24, 2.45) is 0 Å². The maximum atomic E-state index is 11.7. The first-order valence-electron chi connectivity index (χ1n) is 13.5. The minimum absolute atomic E-state index is 0.316. The van der Waals surface area contributed by atoms with Gasteiger partial charge in [-0.3, -0.25) is 0 Å². The average Bonchev–Trinajstić information content (AvgIpc) is 3.06. The third kappa shape index (κ3) is 14.8. The molecule has 224 valence electrons. The van der Waals surface area contributed by atoms with E-state index in [4.69, 9.17) is 24.4 Å². The maximum absolute atomic E-state index is 11.7. The molecule has 0 heterocycles. The molecule has 0 amide bonds. The van der Waals surface area contributed by atoms with Crippen LogP contribution in [-0.2, 0) is 14.2 Å². The molecule has 2 N–H and O–H groups in total. The van der Waals surface area contributed by atoms with Gasteiger partial charge in [-0.1, -0.05) is 72.8 Å². The van der Waals surface area contributed by atoms with Gasteiger partial charge >= 0.3 is 23.9 Å². The van der Waals surface area contributed by atoms with Crippen LogP contribution in [0.15, 0.2) is 121 Å². The standard InChI is InChI=1S/C20H22O5.2C7H6O2/c21-19(17-9-3-1-4-10-17)24-15-7-13-23-14-8-16-25-20(22)18-11-5-2-6-12-18;2*8-7(9)6-4-2-1-3-5-6/h1-6,9-12H,7-8,13-16H2;2*1-5H,(H,8,9). The molecule has 0 atom stereocenters. The van der Waals surface area contributed by atoms with Crippen molar-refractivity contribution < 1.29 is 43.6 Å². The summed E-state index contributed by atoms with van der Waals surface area (Å²) in [5, 5.41) is 16.8. The van der Waals surface area contributed by atoms with Crippen LogP contribution >= 0.6 is 0 Å². The molecule has 0 aliphatic heterocycles. The highest BCUT2D eigenvalue weighted by atomic mass is 16.5. The first-order valence-corrected chi connectivity index (χ1v) is 13.5. The molecule has 0 saturated carbocycles. The monoisotopic (exact) mass is 586 g/mol. The maximum Gasteiger partial charge on any atom is 0.338 e. The zero-order valence-electron chi connectivity index (χ0n) is 23.5. The second kappa shape index (κ2) is 20.6. The molecule has 0 radical (unpaired) electrons. The molecule has 9 nitrogen and oxygen atoms in total. The second-order valence-electron chi connectivity index (χ2n) is 8.67. The molecule has 0 fully saturated rings. The number of aromatic carboxylic acids is 2. The number of hydrogen-bond acceptors (Lipinski definition) is 7. The van der Waals surface area contributed by atoms with Crippen LogP contribution in [0.2, 0.25) is 0 Å². The minimum atomic E-state index is -0.879. The summed E-state index contributed by atoms with van der Waals surface area (Å²) in [6, 6.07) is 34.3. The normalized spacial score (nSPS) is 9.67. The van der Waals surface area contributed by atoms with Crippen LogP contribution in [0, 0.1) is 0 Å². The van der Waals surface area contributed by atoms with E-state index in [1.165, 1.54) is 0 Å². The first-order chi connectivity index (χ1) is 20.9. The van der Waals surface area contributed by atoms with Crippen molar-refractivity contribution in [2.45, 2.75) is 12.8 Å². The summed E-state index contributed by atoms with van der Waals surface area (Å²) >= 11 is 0. The summed E-state index contributed by atoms with van der Waals surface area (Å²) in [6.07, 6.45) is 1.25. The van der Waals surface area contributed by atoms with E-state index in [0.29, 0.717) is 61.5 Å². The SMILES string of the molecule is O=C(O)c1ccccc1.O=C(O)c1ccccc1.O=C(OCCCOCCCOC(=O)c1ccccc1)c1ccccc1. The van der Waals surface area contributed by atoms with E-state index in [0.717, 1.165) is 0 Å². The molecule has 0 saturated heterocycles. The van der Waals surface area contributed by atoms with Crippen LogP contribution in [0.1, 0.15) is 54.3 Å². The molecule has 0 aromatic heterocycles. The fourth-order valence-electron chi connectivity index (χ4n) is 3.23. The molecule has 4 aromatic carbocycles. The van der Waals surface area contributed by atoms with Gasteiger partial charge in [0.2, 0.25) is 0 Å². The molecular formula is C34H34O9. The summed E-state index contributed by atoms with van der Waals surface area (Å²) < 4.78 is 15.7. The predicted molar refractivity (Wildman–Crippen MR) is 160 cm³/mol. The van der Waals surface area contributed by atoms with E-state index < -0.39 is 11.9 Å². The number of ether oxygens (including phenoxy) is 3. The lowest BCUT2D eigenvalue weighted by Gasteiger charge is -2.07. The van der Waals surface area contributed by atoms with Gasteiger partial charge in [-0.2, -0.15) is 0 Å². The number of esters is 2. The van der Waals surface area contributed by atoms with E-state index in [1.54, 1.807) is 109 Å². The van der Waals surface area contributed by atoms with Gasteiger partial charge in [-0.25, -0.2) is 19.2 Å². The lowest BCUT2D eigenvalue weighted by Crippen LogP contribution is -2.10. The van der Waals surface area contributed by atoms with Gasteiger partial charge in [0, 0.05) is 26.1 Å². The summed E-state index contributed by atoms with van der Waals surface area (Å²) in [5.74, 6) is -2.41. The van der Waals surface area contributed by atoms with Crippen molar-refractivity contribution in [3.05, 3.63) is 144 Å². The van der Waals surface area contributed by atoms with Gasteiger partial charge in [-0.05, 0) is 48.5 Å². The van der Waals surface area contributed by atoms with Crippen molar-refractivity contribution >= 4 is 23.9 Å². The van der Waals surface area contributed by atoms with E-state index >= 15 is 0 Å². The summed E-state index contributed by atoms with van der Waals surface area (Å²) in [7, 11) is 0. The lowest BCUT2D eigenvalue weighted by molar-refractivity contribution is 0.0393. The quantitative estimate of drug-likeness (QED) is 0.145. The molecule has 0 unspecified atom stereocenters. The summed E-state index contributed by atoms with van der Waals surface area (Å²) in [6.45, 7) is 1.62. The Balaban J connectivity index is 0.000000289. The first kappa shape index (κ1) is 33.9. The Morgan fingerprint density at radius 3 is 0.953 bits per heavy atom. The number of hydrogen-bond donors (Lipinski definition) is 2. The molecule has 9 heteroatoms. The van der Waals surface area contributed by atoms with Crippen LogP contribution in [0.5, 0.6) is 0 Å². The topological polar surface area (TPSA) is 136 Å². The van der Waals surface area contributed by atoms with Crippen molar-refractivity contribution in [3.8, 4) is 0 Å². The molecule has 4 rings (SSSR count). The molecule has 0 aliphatic carbocycles. The molecule has 4 aromatic rings. The number of benzene rings is 4. The van der Waals surface area contributed by atoms with Crippen molar-refractivity contribution in [1.29, 1.82) is 0 Å². The average molecular weight is 587 g/mol. The van der Waals surface area contributed by atoms with E-state index in [2.05, 4.69) is 0 Å². The Labute approximate surface area is 250 Å². The zero-order valence-corrected chi connectivity index (χ0v) is 23.5. The number of carboxylic acid groups (broad SMARTS) is 2. The Hall–Kier alpha value is -5.28. The lowest BCUT2D eigenvalue weighted by atomic mass is 10.2. The smallest absolute Gasteiger partial charge is 0.338 e. The third-order valence-electron chi connectivity index (χ3n) is 5.39. The third-order valence-corrected chi connectivity index (χ3v) is 5.39. The van der Waals surface area contributed by atoms with Crippen LogP contribution in [0.4, 0.5) is 0 Å². The van der Waals surface area contributed by atoms with Gasteiger partial charge in [0.15, 0.2) is 0 Å². The Bertz CT molecular complexity index is 1250. The minimum Gasteiger partial charge on any atom is -0.478 e. The largest absolute Gasteiger partial charge is 0.478 e. The highest BCUT2D eigenvalue weighted by Crippen LogP contribution is 2.03. The van der Waals surface area contributed by atoms with Gasteiger partial charge in [-0.15, -0.1) is 0 Å². The van der Waals surface area contributed by atoms with Gasteiger partial charge in [0.05, 0.1) is 35.5 Å². The van der Waals surface area contributed by atoms with Gasteiger partial charge < -0.3 is 24.4 Å². The summed E-state index contributed by atoms with van der Waals surface area (Å²) in [4.78, 5) is 43.8. The highest BCUT2D eigenvalue weighted by Gasteiger charge is 2.06. The molecule has 43 heavy (non-hydrogen) atoms. The van der Waals surface area contributed by atoms with Crippen LogP contribution in [0.3, 0.4) is 0 Å². The van der Waals surface area contributed by atoms with Gasteiger partial charge in [0.25, 0.3) is 0 Å². The van der Waals surface area contributed by atoms with Crippen LogP contribution in [0.25, 0.3) is 0 Å². The number of carbonyl (C=O) groups is 4. The molecular weight excluding hydrogens is 552 g/mol. The fourth-order valence-corrected chi connectivity index (χ4v) is 3.23. The molecule has 0 spiro atoms. The molecule has 0 aliphatic rings. The van der Waals surface area contributed by atoms with E-state index in [1.807, 2.05) is 12.1 Å². The Morgan fingerprint density at radius 2 is 0.698 bits per heavy atom. The van der Waals surface area contributed by atoms with Gasteiger partial charge in [0.1, 0.15) is 0 Å². The Morgan fingerprint density at radius 1 is 0.419 bits per heavy atom. The summed E-state index contributed by atoms with van der Waals surface area (Å²) in [5.41, 5.74) is 1.75. The number of carboxylic acids is 2.